The van der Waals surface area contributed by atoms with Crippen molar-refractivity contribution in [2.24, 2.45) is 11.8 Å². The van der Waals surface area contributed by atoms with Gasteiger partial charge in [-0.25, -0.2) is 0 Å². The Balaban J connectivity index is 1.43. The molecule has 4 nitrogen and oxygen atoms in total. The SMILES string of the molecule is O=C(O)CCCCCC[C@@H]1C(CCC(O)c2cc3ccccc3s2)CC[C@@H]1O. The third-order valence-corrected chi connectivity index (χ3v) is 7.41. The number of carbonyl (C=O) groups is 1. The molecule has 0 bridgehead atoms. The lowest BCUT2D eigenvalue weighted by Crippen LogP contribution is -2.19. The first-order valence-electron chi connectivity index (χ1n) is 10.6. The number of thiophene rings is 1. The summed E-state index contributed by atoms with van der Waals surface area (Å²) in [5, 5.41) is 30.9. The topological polar surface area (TPSA) is 77.8 Å². The molecule has 1 aromatic carbocycles. The van der Waals surface area contributed by atoms with Crippen LogP contribution in [0.2, 0.25) is 0 Å². The molecular weight excluding hydrogens is 372 g/mol. The summed E-state index contributed by atoms with van der Waals surface area (Å²) in [7, 11) is 0. The Morgan fingerprint density at radius 1 is 1.11 bits per heavy atom. The average molecular weight is 405 g/mol. The minimum atomic E-state index is -0.719. The second-order valence-electron chi connectivity index (χ2n) is 8.20. The highest BCUT2D eigenvalue weighted by Gasteiger charge is 2.34. The number of carboxylic acids is 1. The van der Waals surface area contributed by atoms with Gasteiger partial charge in [-0.1, -0.05) is 37.5 Å². The minimum absolute atomic E-state index is 0.217. The Morgan fingerprint density at radius 3 is 2.68 bits per heavy atom. The zero-order valence-corrected chi connectivity index (χ0v) is 17.2. The first kappa shape index (κ1) is 21.3. The molecule has 2 unspecified atom stereocenters. The summed E-state index contributed by atoms with van der Waals surface area (Å²) in [5.74, 6) is 0.0932. The first-order chi connectivity index (χ1) is 13.5. The zero-order valence-electron chi connectivity index (χ0n) is 16.4. The molecule has 3 N–H and O–H groups in total. The molecular formula is C23H32O4S. The van der Waals surface area contributed by atoms with E-state index in [1.54, 1.807) is 11.3 Å². The molecule has 3 rings (SSSR count). The van der Waals surface area contributed by atoms with Gasteiger partial charge in [-0.3, -0.25) is 4.79 Å². The van der Waals surface area contributed by atoms with Gasteiger partial charge in [-0.15, -0.1) is 11.3 Å². The Kier molecular flexibility index (Phi) is 7.89. The highest BCUT2D eigenvalue weighted by Crippen LogP contribution is 2.40. The van der Waals surface area contributed by atoms with E-state index in [0.29, 0.717) is 11.8 Å². The monoisotopic (exact) mass is 404 g/mol. The summed E-state index contributed by atoms with van der Waals surface area (Å²) in [4.78, 5) is 11.6. The van der Waals surface area contributed by atoms with Crippen molar-refractivity contribution in [3.63, 3.8) is 0 Å². The number of unbranched alkanes of at least 4 members (excludes halogenated alkanes) is 3. The normalized spacial score (nSPS) is 23.3. The van der Waals surface area contributed by atoms with Gasteiger partial charge in [0.05, 0.1) is 12.2 Å². The third kappa shape index (κ3) is 5.79. The zero-order chi connectivity index (χ0) is 19.9. The van der Waals surface area contributed by atoms with E-state index in [2.05, 4.69) is 18.2 Å². The van der Waals surface area contributed by atoms with Gasteiger partial charge in [0.2, 0.25) is 0 Å². The van der Waals surface area contributed by atoms with Crippen molar-refractivity contribution < 1.29 is 20.1 Å². The van der Waals surface area contributed by atoms with E-state index >= 15 is 0 Å². The van der Waals surface area contributed by atoms with Crippen LogP contribution in [0.4, 0.5) is 0 Å². The first-order valence-corrected chi connectivity index (χ1v) is 11.4. The maximum absolute atomic E-state index is 10.7. The summed E-state index contributed by atoms with van der Waals surface area (Å²) in [5.41, 5.74) is 0. The van der Waals surface area contributed by atoms with Gasteiger partial charge < -0.3 is 15.3 Å². The maximum Gasteiger partial charge on any atom is 0.303 e. The van der Waals surface area contributed by atoms with Crippen LogP contribution in [0.15, 0.2) is 30.3 Å². The number of carboxylic acid groups (broad SMARTS) is 1. The van der Waals surface area contributed by atoms with Crippen molar-refractivity contribution in [3.8, 4) is 0 Å². The average Bonchev–Trinajstić information content (AvgIpc) is 3.26. The van der Waals surface area contributed by atoms with Gasteiger partial charge in [-0.05, 0) is 67.9 Å². The number of fused-ring (bicyclic) bond motifs is 1. The number of aliphatic hydroxyl groups is 2. The lowest BCUT2D eigenvalue weighted by atomic mass is 9.85. The number of aliphatic hydroxyl groups excluding tert-OH is 2. The molecule has 0 radical (unpaired) electrons. The summed E-state index contributed by atoms with van der Waals surface area (Å²) in [6, 6.07) is 10.3. The second kappa shape index (κ2) is 10.4. The van der Waals surface area contributed by atoms with Crippen LogP contribution in [0.25, 0.3) is 10.1 Å². The molecule has 5 heteroatoms. The molecule has 0 amide bonds. The molecule has 2 aromatic rings. The second-order valence-corrected chi connectivity index (χ2v) is 9.31. The van der Waals surface area contributed by atoms with E-state index in [0.717, 1.165) is 62.7 Å². The van der Waals surface area contributed by atoms with Crippen LogP contribution < -0.4 is 0 Å². The molecule has 1 aliphatic rings. The maximum atomic E-state index is 10.7. The van der Waals surface area contributed by atoms with E-state index in [1.165, 1.54) is 10.1 Å². The molecule has 1 fully saturated rings. The van der Waals surface area contributed by atoms with Gasteiger partial charge >= 0.3 is 5.97 Å². The van der Waals surface area contributed by atoms with E-state index < -0.39 is 12.1 Å². The molecule has 0 spiro atoms. The molecule has 4 atom stereocenters. The van der Waals surface area contributed by atoms with E-state index in [1.807, 2.05) is 12.1 Å². The van der Waals surface area contributed by atoms with Crippen molar-refractivity contribution in [1.29, 1.82) is 0 Å². The Morgan fingerprint density at radius 2 is 1.89 bits per heavy atom. The highest BCUT2D eigenvalue weighted by atomic mass is 32.1. The number of benzene rings is 1. The molecule has 154 valence electrons. The lowest BCUT2D eigenvalue weighted by molar-refractivity contribution is -0.137. The van der Waals surface area contributed by atoms with Gasteiger partial charge in [0, 0.05) is 16.0 Å². The fourth-order valence-electron chi connectivity index (χ4n) is 4.60. The Hall–Kier alpha value is -1.43. The minimum Gasteiger partial charge on any atom is -0.481 e. The van der Waals surface area contributed by atoms with Crippen molar-refractivity contribution in [2.45, 2.75) is 76.4 Å². The van der Waals surface area contributed by atoms with Crippen LogP contribution in [0.5, 0.6) is 0 Å². The largest absolute Gasteiger partial charge is 0.481 e. The van der Waals surface area contributed by atoms with E-state index in [-0.39, 0.29) is 12.5 Å². The van der Waals surface area contributed by atoms with Gasteiger partial charge in [0.15, 0.2) is 0 Å². The third-order valence-electron chi connectivity index (χ3n) is 6.19. The van der Waals surface area contributed by atoms with Gasteiger partial charge in [0.25, 0.3) is 0 Å². The van der Waals surface area contributed by atoms with E-state index in [9.17, 15) is 15.0 Å². The molecule has 1 aliphatic carbocycles. The predicted octanol–water partition coefficient (Wildman–Crippen LogP) is 5.53. The van der Waals surface area contributed by atoms with Gasteiger partial charge in [0.1, 0.15) is 0 Å². The van der Waals surface area contributed by atoms with Crippen LogP contribution in [0.1, 0.15) is 75.2 Å². The summed E-state index contributed by atoms with van der Waals surface area (Å²) in [6.07, 6.45) is 8.02. The smallest absolute Gasteiger partial charge is 0.303 e. The highest BCUT2D eigenvalue weighted by molar-refractivity contribution is 7.19. The summed E-state index contributed by atoms with van der Waals surface area (Å²) in [6.45, 7) is 0. The van der Waals surface area contributed by atoms with Crippen LogP contribution >= 0.6 is 11.3 Å². The lowest BCUT2D eigenvalue weighted by Gasteiger charge is -2.23. The van der Waals surface area contributed by atoms with E-state index in [4.69, 9.17) is 5.11 Å². The number of rotatable bonds is 11. The number of aliphatic carboxylic acids is 1. The van der Waals surface area contributed by atoms with Crippen molar-refractivity contribution in [2.75, 3.05) is 0 Å². The van der Waals surface area contributed by atoms with Gasteiger partial charge in [-0.2, -0.15) is 0 Å². The van der Waals surface area contributed by atoms with Crippen molar-refractivity contribution >= 4 is 27.4 Å². The Bertz CT molecular complexity index is 723. The van der Waals surface area contributed by atoms with Crippen molar-refractivity contribution in [3.05, 3.63) is 35.2 Å². The van der Waals surface area contributed by atoms with Crippen LogP contribution in [-0.4, -0.2) is 27.4 Å². The number of hydrogen-bond donors (Lipinski definition) is 3. The van der Waals surface area contributed by atoms with Crippen LogP contribution in [0, 0.1) is 11.8 Å². The van der Waals surface area contributed by atoms with Crippen LogP contribution in [0.3, 0.4) is 0 Å². The molecule has 28 heavy (non-hydrogen) atoms. The Labute approximate surface area is 171 Å². The number of hydrogen-bond acceptors (Lipinski definition) is 4. The molecule has 1 aromatic heterocycles. The molecule has 0 saturated heterocycles. The summed E-state index contributed by atoms with van der Waals surface area (Å²) < 4.78 is 1.22. The fourth-order valence-corrected chi connectivity index (χ4v) is 5.69. The fraction of sp³-hybridized carbons (Fsp3) is 0.609. The standard InChI is InChI=1S/C23H32O4S/c24-19-13-11-16(18(19)8-3-1-2-4-10-23(26)27)12-14-20(25)22-15-17-7-5-6-9-21(17)28-22/h5-7,9,15-16,18-20,24-25H,1-4,8,10-14H2,(H,26,27)/t16?,18-,19+,20?/m1/s1. The molecule has 0 aliphatic heterocycles. The van der Waals surface area contributed by atoms with Crippen LogP contribution in [-0.2, 0) is 4.79 Å². The quantitative estimate of drug-likeness (QED) is 0.431. The molecule has 1 saturated carbocycles. The summed E-state index contributed by atoms with van der Waals surface area (Å²) >= 11 is 1.67. The predicted molar refractivity (Wildman–Crippen MR) is 114 cm³/mol. The molecule has 1 heterocycles. The van der Waals surface area contributed by atoms with Crippen molar-refractivity contribution in [1.82, 2.24) is 0 Å².